The van der Waals surface area contributed by atoms with Crippen molar-refractivity contribution in [3.63, 3.8) is 0 Å². The normalized spacial score (nSPS) is 23.8. The first-order valence-electron chi connectivity index (χ1n) is 11.7. The van der Waals surface area contributed by atoms with Gasteiger partial charge in [0.15, 0.2) is 0 Å². The number of carboxylic acids is 1. The van der Waals surface area contributed by atoms with Crippen molar-refractivity contribution in [2.45, 2.75) is 50.1 Å². The molecular formula is C26H28N2O5. The molecule has 1 saturated carbocycles. The number of hydrogen-bond donors (Lipinski definition) is 2. The lowest BCUT2D eigenvalue weighted by molar-refractivity contribution is -0.150. The summed E-state index contributed by atoms with van der Waals surface area (Å²) in [6, 6.07) is 15.2. The van der Waals surface area contributed by atoms with Gasteiger partial charge in [-0.05, 0) is 47.9 Å². The van der Waals surface area contributed by atoms with E-state index in [0.717, 1.165) is 17.5 Å². The van der Waals surface area contributed by atoms with Crippen LogP contribution >= 0.6 is 0 Å². The first-order chi connectivity index (χ1) is 16.0. The zero-order chi connectivity index (χ0) is 22.9. The van der Waals surface area contributed by atoms with Crippen molar-refractivity contribution < 1.29 is 24.2 Å². The van der Waals surface area contributed by atoms with E-state index < -0.39 is 24.0 Å². The molecule has 5 rings (SSSR count). The molecule has 3 aliphatic rings. The maximum absolute atomic E-state index is 13.1. The number of alkyl carbamates (subject to hydrolysis) is 1. The molecule has 0 unspecified atom stereocenters. The number of rotatable bonds is 5. The lowest BCUT2D eigenvalue weighted by Gasteiger charge is -2.28. The second-order valence-electron chi connectivity index (χ2n) is 9.14. The summed E-state index contributed by atoms with van der Waals surface area (Å²) in [7, 11) is 0. The molecule has 0 spiro atoms. The van der Waals surface area contributed by atoms with E-state index in [1.54, 1.807) is 0 Å². The van der Waals surface area contributed by atoms with Gasteiger partial charge < -0.3 is 20.1 Å². The van der Waals surface area contributed by atoms with Crippen LogP contribution in [0.5, 0.6) is 0 Å². The molecule has 7 nitrogen and oxygen atoms in total. The molecule has 33 heavy (non-hydrogen) atoms. The molecule has 2 amide bonds. The summed E-state index contributed by atoms with van der Waals surface area (Å²) in [5.74, 6) is -1.54. The molecule has 1 saturated heterocycles. The Bertz CT molecular complexity index is 1040. The monoisotopic (exact) mass is 448 g/mol. The van der Waals surface area contributed by atoms with Gasteiger partial charge in [0.25, 0.3) is 0 Å². The molecule has 2 aliphatic carbocycles. The number of fused-ring (bicyclic) bond motifs is 3. The summed E-state index contributed by atoms with van der Waals surface area (Å²) in [5.41, 5.74) is 4.63. The van der Waals surface area contributed by atoms with Gasteiger partial charge in [-0.1, -0.05) is 55.0 Å². The van der Waals surface area contributed by atoms with E-state index in [1.807, 2.05) is 24.3 Å². The van der Waals surface area contributed by atoms with Gasteiger partial charge in [0.05, 0.1) is 5.92 Å². The lowest BCUT2D eigenvalue weighted by atomic mass is 9.98. The van der Waals surface area contributed by atoms with E-state index >= 15 is 0 Å². The van der Waals surface area contributed by atoms with Crippen molar-refractivity contribution in [2.75, 3.05) is 13.2 Å². The Hall–Kier alpha value is -3.35. The van der Waals surface area contributed by atoms with Crippen LogP contribution in [0, 0.1) is 5.92 Å². The number of amides is 2. The Kier molecular flexibility index (Phi) is 5.79. The number of nitrogens with one attached hydrogen (secondary N) is 1. The maximum Gasteiger partial charge on any atom is 0.407 e. The highest BCUT2D eigenvalue weighted by Gasteiger charge is 2.42. The molecule has 2 fully saturated rings. The lowest BCUT2D eigenvalue weighted by Crippen LogP contribution is -2.49. The highest BCUT2D eigenvalue weighted by molar-refractivity contribution is 5.87. The van der Waals surface area contributed by atoms with Gasteiger partial charge in [0.2, 0.25) is 5.91 Å². The number of ether oxygens (including phenoxy) is 1. The number of benzene rings is 2. The standard InChI is InChI=1S/C26H28N2O5/c29-24(28-14-6-13-23(28)25(30)31)20-11-5-12-22(20)27-26(32)33-15-21-18-9-3-1-7-16(18)17-8-2-4-10-19(17)21/h1-4,7-10,20-23H,5-6,11-15H2,(H,27,32)(H,30,31)/t20-,22+,23+/m1/s1. The van der Waals surface area contributed by atoms with Gasteiger partial charge in [-0.3, -0.25) is 4.79 Å². The average Bonchev–Trinajstić information content (AvgIpc) is 3.55. The predicted octanol–water partition coefficient (Wildman–Crippen LogP) is 3.77. The van der Waals surface area contributed by atoms with E-state index in [2.05, 4.69) is 29.6 Å². The van der Waals surface area contributed by atoms with Crippen molar-refractivity contribution in [1.29, 1.82) is 0 Å². The highest BCUT2D eigenvalue weighted by Crippen LogP contribution is 2.44. The number of nitrogens with zero attached hydrogens (tertiary/aromatic N) is 1. The smallest absolute Gasteiger partial charge is 0.407 e. The molecule has 2 aromatic carbocycles. The van der Waals surface area contributed by atoms with Gasteiger partial charge >= 0.3 is 12.1 Å². The van der Waals surface area contributed by atoms with Crippen molar-refractivity contribution >= 4 is 18.0 Å². The summed E-state index contributed by atoms with van der Waals surface area (Å²) in [5, 5.41) is 12.3. The topological polar surface area (TPSA) is 95.9 Å². The second-order valence-corrected chi connectivity index (χ2v) is 9.14. The first kappa shape index (κ1) is 21.5. The maximum atomic E-state index is 13.1. The van der Waals surface area contributed by atoms with Crippen LogP contribution in [-0.2, 0) is 14.3 Å². The SMILES string of the molecule is O=C(N[C@H]1CCC[C@H]1C(=O)N1CCC[C@H]1C(=O)O)OCC1c2ccccc2-c2ccccc21. The van der Waals surface area contributed by atoms with Crippen LogP contribution in [-0.4, -0.2) is 53.2 Å². The predicted molar refractivity (Wildman–Crippen MR) is 122 cm³/mol. The third-order valence-electron chi connectivity index (χ3n) is 7.30. The molecule has 1 heterocycles. The van der Waals surface area contributed by atoms with Crippen LogP contribution in [0.2, 0.25) is 0 Å². The molecule has 0 radical (unpaired) electrons. The Labute approximate surface area is 192 Å². The minimum Gasteiger partial charge on any atom is -0.480 e. The van der Waals surface area contributed by atoms with Crippen molar-refractivity contribution in [1.82, 2.24) is 10.2 Å². The summed E-state index contributed by atoms with van der Waals surface area (Å²) < 4.78 is 5.65. The van der Waals surface area contributed by atoms with Gasteiger partial charge in [-0.15, -0.1) is 0 Å². The molecule has 0 aromatic heterocycles. The van der Waals surface area contributed by atoms with E-state index in [4.69, 9.17) is 4.74 Å². The molecule has 0 bridgehead atoms. The molecule has 172 valence electrons. The summed E-state index contributed by atoms with van der Waals surface area (Å²) in [6.07, 6.45) is 2.80. The van der Waals surface area contributed by atoms with Crippen molar-refractivity contribution in [2.24, 2.45) is 5.92 Å². The largest absolute Gasteiger partial charge is 0.480 e. The van der Waals surface area contributed by atoms with Gasteiger partial charge in [0, 0.05) is 18.5 Å². The van der Waals surface area contributed by atoms with Crippen molar-refractivity contribution in [3.8, 4) is 11.1 Å². The molecule has 2 aromatic rings. The molecule has 1 aliphatic heterocycles. The number of carboxylic acid groups (broad SMARTS) is 1. The summed E-state index contributed by atoms with van der Waals surface area (Å²) in [6.45, 7) is 0.683. The van der Waals surface area contributed by atoms with Gasteiger partial charge in [-0.2, -0.15) is 0 Å². The average molecular weight is 449 g/mol. The number of likely N-dealkylation sites (tertiary alicyclic amines) is 1. The summed E-state index contributed by atoms with van der Waals surface area (Å²) >= 11 is 0. The Morgan fingerprint density at radius 3 is 2.27 bits per heavy atom. The number of aliphatic carboxylic acids is 1. The van der Waals surface area contributed by atoms with Crippen LogP contribution in [0.4, 0.5) is 4.79 Å². The van der Waals surface area contributed by atoms with Crippen LogP contribution in [0.3, 0.4) is 0 Å². The molecule has 2 N–H and O–H groups in total. The molecular weight excluding hydrogens is 420 g/mol. The fraction of sp³-hybridized carbons (Fsp3) is 0.423. The number of carbonyl (C=O) groups is 3. The van der Waals surface area contributed by atoms with Crippen LogP contribution in [0.25, 0.3) is 11.1 Å². The number of carbonyl (C=O) groups excluding carboxylic acids is 2. The fourth-order valence-corrected chi connectivity index (χ4v) is 5.72. The summed E-state index contributed by atoms with van der Waals surface area (Å²) in [4.78, 5) is 38.7. The van der Waals surface area contributed by atoms with E-state index in [9.17, 15) is 19.5 Å². The minimum atomic E-state index is -0.958. The second kappa shape index (κ2) is 8.89. The van der Waals surface area contributed by atoms with Crippen LogP contribution < -0.4 is 5.32 Å². The zero-order valence-corrected chi connectivity index (χ0v) is 18.4. The quantitative estimate of drug-likeness (QED) is 0.726. The van der Waals surface area contributed by atoms with E-state index in [0.29, 0.717) is 32.2 Å². The van der Waals surface area contributed by atoms with Gasteiger partial charge in [0.1, 0.15) is 12.6 Å². The van der Waals surface area contributed by atoms with Crippen LogP contribution in [0.15, 0.2) is 48.5 Å². The van der Waals surface area contributed by atoms with Crippen LogP contribution in [0.1, 0.15) is 49.1 Å². The Morgan fingerprint density at radius 1 is 0.939 bits per heavy atom. The van der Waals surface area contributed by atoms with E-state index in [-0.39, 0.29) is 24.5 Å². The van der Waals surface area contributed by atoms with Crippen molar-refractivity contribution in [3.05, 3.63) is 59.7 Å². The third kappa shape index (κ3) is 3.96. The minimum absolute atomic E-state index is 0.0231. The first-order valence-corrected chi connectivity index (χ1v) is 11.7. The molecule has 3 atom stereocenters. The Morgan fingerprint density at radius 2 is 1.61 bits per heavy atom. The van der Waals surface area contributed by atoms with E-state index in [1.165, 1.54) is 16.0 Å². The number of hydrogen-bond acceptors (Lipinski definition) is 4. The van der Waals surface area contributed by atoms with Gasteiger partial charge in [-0.25, -0.2) is 9.59 Å². The highest BCUT2D eigenvalue weighted by atomic mass is 16.5. The Balaban J connectivity index is 1.23. The molecule has 7 heteroatoms. The third-order valence-corrected chi connectivity index (χ3v) is 7.30. The zero-order valence-electron chi connectivity index (χ0n) is 18.4. The fourth-order valence-electron chi connectivity index (χ4n) is 5.72.